The molecule has 1 N–H and O–H groups in total. The van der Waals surface area contributed by atoms with Gasteiger partial charge in [0.15, 0.2) is 11.5 Å². The number of aliphatic carboxylic acids is 1. The number of nitrogens with zero attached hydrogens (tertiary/aromatic N) is 1. The van der Waals surface area contributed by atoms with Gasteiger partial charge in [0, 0.05) is 13.1 Å². The Bertz CT molecular complexity index is 631. The minimum atomic E-state index is -4.96. The van der Waals surface area contributed by atoms with Gasteiger partial charge in [-0.1, -0.05) is 0 Å². The van der Waals surface area contributed by atoms with Gasteiger partial charge in [-0.15, -0.1) is 0 Å². The van der Waals surface area contributed by atoms with E-state index in [4.69, 9.17) is 9.84 Å². The van der Waals surface area contributed by atoms with Crippen molar-refractivity contribution < 1.29 is 37.0 Å². The number of halogens is 4. The first-order valence-corrected chi connectivity index (χ1v) is 7.08. The maximum absolute atomic E-state index is 13.1. The summed E-state index contributed by atoms with van der Waals surface area (Å²) in [6.07, 6.45) is -6.80. The van der Waals surface area contributed by atoms with Crippen LogP contribution in [0.5, 0.6) is 5.75 Å². The lowest BCUT2D eigenvalue weighted by molar-refractivity contribution is -0.227. The van der Waals surface area contributed by atoms with Crippen LogP contribution in [0.4, 0.5) is 17.6 Å². The molecule has 1 amide bonds. The summed E-state index contributed by atoms with van der Waals surface area (Å²) in [4.78, 5) is 24.2. The van der Waals surface area contributed by atoms with Gasteiger partial charge in [-0.3, -0.25) is 9.59 Å². The van der Waals surface area contributed by atoms with E-state index < -0.39 is 48.4 Å². The van der Waals surface area contributed by atoms with Gasteiger partial charge in [0.2, 0.25) is 0 Å². The SMILES string of the molecule is CC(Oc1ccc(F)cc1)C(=O)N1CCC(C(=O)O)(C(F)(F)F)C1. The largest absolute Gasteiger partial charge is 0.481 e. The van der Waals surface area contributed by atoms with E-state index >= 15 is 0 Å². The van der Waals surface area contributed by atoms with Crippen molar-refractivity contribution in [2.75, 3.05) is 13.1 Å². The maximum atomic E-state index is 13.1. The number of hydrogen-bond donors (Lipinski definition) is 1. The molecule has 5 nitrogen and oxygen atoms in total. The molecule has 1 aliphatic heterocycles. The fraction of sp³-hybridized carbons (Fsp3) is 0.467. The Morgan fingerprint density at radius 1 is 1.29 bits per heavy atom. The van der Waals surface area contributed by atoms with Crippen molar-refractivity contribution in [3.63, 3.8) is 0 Å². The second-order valence-electron chi connectivity index (χ2n) is 5.61. The molecule has 0 bridgehead atoms. The zero-order valence-electron chi connectivity index (χ0n) is 12.6. The van der Waals surface area contributed by atoms with Crippen LogP contribution in [0.3, 0.4) is 0 Å². The average molecular weight is 349 g/mol. The van der Waals surface area contributed by atoms with Crippen LogP contribution in [0, 0.1) is 11.2 Å². The average Bonchev–Trinajstić information content (AvgIpc) is 2.95. The normalized spacial score (nSPS) is 22.3. The quantitative estimate of drug-likeness (QED) is 0.848. The minimum absolute atomic E-state index is 0.178. The van der Waals surface area contributed by atoms with Crippen molar-refractivity contribution >= 4 is 11.9 Å². The summed E-state index contributed by atoms with van der Waals surface area (Å²) in [5.41, 5.74) is -2.96. The summed E-state index contributed by atoms with van der Waals surface area (Å²) < 4.78 is 57.4. The van der Waals surface area contributed by atoms with E-state index in [1.807, 2.05) is 0 Å². The number of carbonyl (C=O) groups is 2. The predicted molar refractivity (Wildman–Crippen MR) is 73.8 cm³/mol. The van der Waals surface area contributed by atoms with Crippen LogP contribution in [-0.2, 0) is 9.59 Å². The van der Waals surface area contributed by atoms with E-state index in [-0.39, 0.29) is 12.3 Å². The number of benzene rings is 1. The molecule has 2 unspecified atom stereocenters. The predicted octanol–water partition coefficient (Wildman–Crippen LogP) is 2.46. The summed E-state index contributed by atoms with van der Waals surface area (Å²) >= 11 is 0. The molecular formula is C15H15F4NO4. The lowest BCUT2D eigenvalue weighted by atomic mass is 9.86. The highest BCUT2D eigenvalue weighted by Crippen LogP contribution is 2.45. The molecule has 9 heteroatoms. The number of hydrogen-bond acceptors (Lipinski definition) is 3. The Morgan fingerprint density at radius 2 is 1.88 bits per heavy atom. The van der Waals surface area contributed by atoms with E-state index in [0.717, 1.165) is 17.0 Å². The first kappa shape index (κ1) is 18.0. The molecule has 24 heavy (non-hydrogen) atoms. The Kier molecular flexibility index (Phi) is 4.73. The summed E-state index contributed by atoms with van der Waals surface area (Å²) in [6, 6.07) is 4.78. The van der Waals surface area contributed by atoms with Gasteiger partial charge in [0.25, 0.3) is 5.91 Å². The number of rotatable bonds is 4. The van der Waals surface area contributed by atoms with E-state index in [2.05, 4.69) is 0 Å². The molecule has 1 saturated heterocycles. The molecule has 2 atom stereocenters. The van der Waals surface area contributed by atoms with Crippen molar-refractivity contribution in [3.8, 4) is 5.75 Å². The first-order valence-electron chi connectivity index (χ1n) is 7.08. The molecule has 0 spiro atoms. The molecule has 0 aliphatic carbocycles. The van der Waals surface area contributed by atoms with Crippen molar-refractivity contribution in [1.82, 2.24) is 4.90 Å². The van der Waals surface area contributed by atoms with E-state index in [1.54, 1.807) is 0 Å². The van der Waals surface area contributed by atoms with Gasteiger partial charge in [0.05, 0.1) is 0 Å². The molecule has 0 aromatic heterocycles. The number of carboxylic acids is 1. The molecular weight excluding hydrogens is 334 g/mol. The maximum Gasteiger partial charge on any atom is 0.406 e. The Balaban J connectivity index is 2.08. The fourth-order valence-electron chi connectivity index (χ4n) is 2.55. The van der Waals surface area contributed by atoms with Crippen molar-refractivity contribution in [1.29, 1.82) is 0 Å². The Hall–Kier alpha value is -2.32. The Labute approximate surface area is 134 Å². The van der Waals surface area contributed by atoms with Crippen LogP contribution in [0.25, 0.3) is 0 Å². The standard InChI is InChI=1S/C15H15F4NO4/c1-9(24-11-4-2-10(16)3-5-11)12(21)20-7-6-14(8-20,13(22)23)15(17,18)19/h2-5,9H,6-8H2,1H3,(H,22,23). The van der Waals surface area contributed by atoms with Gasteiger partial charge < -0.3 is 14.7 Å². The van der Waals surface area contributed by atoms with E-state index in [0.29, 0.717) is 0 Å². The fourth-order valence-corrected chi connectivity index (χ4v) is 2.55. The van der Waals surface area contributed by atoms with Crippen LogP contribution < -0.4 is 4.74 Å². The highest BCUT2D eigenvalue weighted by molar-refractivity contribution is 5.84. The number of ether oxygens (including phenoxy) is 1. The summed E-state index contributed by atoms with van der Waals surface area (Å²) in [5.74, 6) is -3.09. The second-order valence-corrected chi connectivity index (χ2v) is 5.61. The topological polar surface area (TPSA) is 66.8 Å². The number of carboxylic acid groups (broad SMARTS) is 1. The van der Waals surface area contributed by atoms with Gasteiger partial charge in [0.1, 0.15) is 11.6 Å². The third-order valence-corrected chi connectivity index (χ3v) is 4.01. The zero-order valence-corrected chi connectivity index (χ0v) is 12.6. The lowest BCUT2D eigenvalue weighted by Gasteiger charge is -2.28. The van der Waals surface area contributed by atoms with Crippen LogP contribution in [-0.4, -0.2) is 47.3 Å². The summed E-state index contributed by atoms with van der Waals surface area (Å²) in [6.45, 7) is 0.0452. The highest BCUT2D eigenvalue weighted by atomic mass is 19.4. The second kappa shape index (κ2) is 6.29. The minimum Gasteiger partial charge on any atom is -0.481 e. The molecule has 132 valence electrons. The summed E-state index contributed by atoms with van der Waals surface area (Å²) in [7, 11) is 0. The Morgan fingerprint density at radius 3 is 2.33 bits per heavy atom. The van der Waals surface area contributed by atoms with Gasteiger partial charge >= 0.3 is 12.1 Å². The number of likely N-dealkylation sites (tertiary alicyclic amines) is 1. The number of amides is 1. The molecule has 1 heterocycles. The van der Waals surface area contributed by atoms with E-state index in [1.165, 1.54) is 19.1 Å². The van der Waals surface area contributed by atoms with Crippen LogP contribution in [0.15, 0.2) is 24.3 Å². The van der Waals surface area contributed by atoms with Crippen molar-refractivity contribution in [2.45, 2.75) is 25.6 Å². The van der Waals surface area contributed by atoms with Crippen LogP contribution >= 0.6 is 0 Å². The van der Waals surface area contributed by atoms with Gasteiger partial charge in [-0.2, -0.15) is 13.2 Å². The molecule has 1 fully saturated rings. The molecule has 2 rings (SSSR count). The monoisotopic (exact) mass is 349 g/mol. The molecule has 0 saturated carbocycles. The molecule has 1 aliphatic rings. The smallest absolute Gasteiger partial charge is 0.406 e. The van der Waals surface area contributed by atoms with Crippen molar-refractivity contribution in [2.24, 2.45) is 5.41 Å². The number of alkyl halides is 3. The van der Waals surface area contributed by atoms with Gasteiger partial charge in [-0.25, -0.2) is 4.39 Å². The third kappa shape index (κ3) is 3.29. The summed E-state index contributed by atoms with van der Waals surface area (Å²) in [5, 5.41) is 8.97. The molecule has 1 aromatic rings. The molecule has 1 aromatic carbocycles. The first-order chi connectivity index (χ1) is 11.1. The lowest BCUT2D eigenvalue weighted by Crippen LogP contribution is -2.49. The number of carbonyl (C=O) groups excluding carboxylic acids is 1. The van der Waals surface area contributed by atoms with Crippen LogP contribution in [0.1, 0.15) is 13.3 Å². The van der Waals surface area contributed by atoms with Gasteiger partial charge in [-0.05, 0) is 37.6 Å². The molecule has 0 radical (unpaired) electrons. The zero-order chi connectivity index (χ0) is 18.1. The van der Waals surface area contributed by atoms with E-state index in [9.17, 15) is 27.2 Å². The van der Waals surface area contributed by atoms with Crippen LogP contribution in [0.2, 0.25) is 0 Å². The van der Waals surface area contributed by atoms with Crippen molar-refractivity contribution in [3.05, 3.63) is 30.1 Å². The highest BCUT2D eigenvalue weighted by Gasteiger charge is 2.64. The third-order valence-electron chi connectivity index (χ3n) is 4.01.